The average molecular weight is 459 g/mol. The highest BCUT2D eigenvalue weighted by atomic mass is 19.1. The monoisotopic (exact) mass is 459 g/mol. The average Bonchev–Trinajstić information content (AvgIpc) is 3.68. The van der Waals surface area contributed by atoms with Crippen molar-refractivity contribution in [1.82, 2.24) is 0 Å². The first-order chi connectivity index (χ1) is 16.5. The van der Waals surface area contributed by atoms with Gasteiger partial charge in [-0.2, -0.15) is 0 Å². The first-order valence-corrected chi connectivity index (χ1v) is 11.4. The van der Waals surface area contributed by atoms with Crippen molar-refractivity contribution < 1.29 is 28.6 Å². The third kappa shape index (κ3) is 3.31. The highest BCUT2D eigenvalue weighted by Gasteiger charge is 2.45. The molecule has 0 aromatic heterocycles. The molecule has 172 valence electrons. The molecule has 0 spiro atoms. The summed E-state index contributed by atoms with van der Waals surface area (Å²) >= 11 is 0. The first kappa shape index (κ1) is 20.7. The number of fused-ring (bicyclic) bond motifs is 2. The predicted octanol–water partition coefficient (Wildman–Crippen LogP) is 5.04. The van der Waals surface area contributed by atoms with E-state index in [1.807, 2.05) is 0 Å². The van der Waals surface area contributed by atoms with Crippen LogP contribution in [0.1, 0.15) is 57.8 Å². The molecule has 2 atom stereocenters. The minimum Gasteiger partial charge on any atom is -0.486 e. The van der Waals surface area contributed by atoms with E-state index in [4.69, 9.17) is 9.47 Å². The van der Waals surface area contributed by atoms with Crippen LogP contribution in [0.5, 0.6) is 11.5 Å². The zero-order chi connectivity index (χ0) is 23.4. The number of ether oxygens (including phenoxy) is 2. The lowest BCUT2D eigenvalue weighted by Crippen LogP contribution is -2.45. The van der Waals surface area contributed by atoms with E-state index in [1.54, 1.807) is 54.6 Å². The van der Waals surface area contributed by atoms with Gasteiger partial charge in [-0.25, -0.2) is 4.39 Å². The number of nitrogens with zero attached hydrogens (tertiary/aromatic N) is 1. The fourth-order valence-corrected chi connectivity index (χ4v) is 5.06. The van der Waals surface area contributed by atoms with Crippen molar-refractivity contribution in [1.29, 1.82) is 0 Å². The summed E-state index contributed by atoms with van der Waals surface area (Å²) < 4.78 is 26.4. The van der Waals surface area contributed by atoms with Crippen LogP contribution in [0, 0.1) is 5.82 Å². The number of amides is 1. The van der Waals surface area contributed by atoms with Gasteiger partial charge in [-0.05, 0) is 65.8 Å². The van der Waals surface area contributed by atoms with Crippen LogP contribution in [0.25, 0.3) is 0 Å². The molecule has 7 heteroatoms. The summed E-state index contributed by atoms with van der Waals surface area (Å²) in [7, 11) is 0. The van der Waals surface area contributed by atoms with E-state index in [9.17, 15) is 14.7 Å². The Bertz CT molecular complexity index is 1320. The largest absolute Gasteiger partial charge is 0.486 e. The minimum atomic E-state index is -1.07. The van der Waals surface area contributed by atoms with E-state index < -0.39 is 17.9 Å². The number of hydrogen-bond acceptors (Lipinski definition) is 4. The molecule has 1 fully saturated rings. The Labute approximate surface area is 195 Å². The molecule has 1 N–H and O–H groups in total. The van der Waals surface area contributed by atoms with Crippen LogP contribution in [-0.2, 0) is 4.79 Å². The molecule has 6 rings (SSSR count). The van der Waals surface area contributed by atoms with E-state index in [2.05, 4.69) is 0 Å². The SMILES string of the molecule is O=C(O)[C@@H]1c2ccccc2C(=O)N(c2ccc(C3CC3)c(F)c2)[C@H]1c1ccc2c(c1)OCCO2. The molecule has 6 nitrogen and oxygen atoms in total. The second-order valence-electron chi connectivity index (χ2n) is 8.91. The van der Waals surface area contributed by atoms with Gasteiger partial charge >= 0.3 is 5.97 Å². The van der Waals surface area contributed by atoms with E-state index >= 15 is 4.39 Å². The fourth-order valence-electron chi connectivity index (χ4n) is 5.06. The number of hydrogen-bond donors (Lipinski definition) is 1. The number of carboxylic acids is 1. The van der Waals surface area contributed by atoms with Gasteiger partial charge in [0.1, 0.15) is 24.9 Å². The molecule has 0 unspecified atom stereocenters. The lowest BCUT2D eigenvalue weighted by molar-refractivity contribution is -0.139. The molecule has 1 saturated carbocycles. The molecule has 0 saturated heterocycles. The molecule has 2 aliphatic heterocycles. The molecule has 3 aromatic rings. The highest BCUT2D eigenvalue weighted by Crippen LogP contribution is 2.48. The predicted molar refractivity (Wildman–Crippen MR) is 122 cm³/mol. The van der Waals surface area contributed by atoms with Crippen molar-refractivity contribution in [3.05, 3.63) is 88.7 Å². The Morgan fingerprint density at radius 1 is 0.941 bits per heavy atom. The number of carbonyl (C=O) groups is 2. The molecule has 1 amide bonds. The van der Waals surface area contributed by atoms with Gasteiger partial charge in [0, 0.05) is 11.3 Å². The van der Waals surface area contributed by atoms with Crippen molar-refractivity contribution >= 4 is 17.6 Å². The molecule has 3 aromatic carbocycles. The normalized spacial score (nSPS) is 21.2. The number of carboxylic acid groups (broad SMARTS) is 1. The second kappa shape index (κ2) is 7.87. The zero-order valence-electron chi connectivity index (χ0n) is 18.2. The van der Waals surface area contributed by atoms with Crippen LogP contribution < -0.4 is 14.4 Å². The van der Waals surface area contributed by atoms with Crippen LogP contribution >= 0.6 is 0 Å². The Morgan fingerprint density at radius 2 is 1.71 bits per heavy atom. The lowest BCUT2D eigenvalue weighted by atomic mass is 9.79. The van der Waals surface area contributed by atoms with Crippen molar-refractivity contribution in [2.24, 2.45) is 0 Å². The van der Waals surface area contributed by atoms with Gasteiger partial charge in [0.15, 0.2) is 11.5 Å². The van der Waals surface area contributed by atoms with Gasteiger partial charge in [-0.15, -0.1) is 0 Å². The third-order valence-electron chi connectivity index (χ3n) is 6.79. The number of anilines is 1. The standard InChI is InChI=1S/C27H22FNO5/c28-21-14-17(8-9-18(21)15-5-6-15)29-25(16-7-10-22-23(13-16)34-12-11-33-22)24(27(31)32)19-3-1-2-4-20(19)26(29)30/h1-4,7-10,13-15,24-25H,5-6,11-12H2,(H,31,32)/t24-,25+/m1/s1. The van der Waals surface area contributed by atoms with Crippen LogP contribution in [0.2, 0.25) is 0 Å². The van der Waals surface area contributed by atoms with Crippen LogP contribution in [0.15, 0.2) is 60.7 Å². The number of benzene rings is 3. The summed E-state index contributed by atoms with van der Waals surface area (Å²) in [6.45, 7) is 0.806. The maximum Gasteiger partial charge on any atom is 0.313 e. The molecular formula is C27H22FNO5. The molecule has 0 radical (unpaired) electrons. The number of rotatable bonds is 4. The molecule has 1 aliphatic carbocycles. The van der Waals surface area contributed by atoms with Gasteiger partial charge in [0.2, 0.25) is 0 Å². The molecular weight excluding hydrogens is 437 g/mol. The molecule has 2 heterocycles. The summed E-state index contributed by atoms with van der Waals surface area (Å²) in [4.78, 5) is 27.8. The van der Waals surface area contributed by atoms with Crippen LogP contribution in [-0.4, -0.2) is 30.2 Å². The molecule has 3 aliphatic rings. The maximum atomic E-state index is 15.0. The summed E-state index contributed by atoms with van der Waals surface area (Å²) in [6, 6.07) is 15.8. The van der Waals surface area contributed by atoms with E-state index in [0.29, 0.717) is 52.7 Å². The Hall–Kier alpha value is -3.87. The van der Waals surface area contributed by atoms with Gasteiger partial charge in [-0.3, -0.25) is 14.5 Å². The number of halogens is 1. The van der Waals surface area contributed by atoms with Crippen molar-refractivity contribution in [3.8, 4) is 11.5 Å². The van der Waals surface area contributed by atoms with Crippen molar-refractivity contribution in [2.45, 2.75) is 30.7 Å². The number of carbonyl (C=O) groups excluding carboxylic acids is 1. The van der Waals surface area contributed by atoms with Crippen molar-refractivity contribution in [2.75, 3.05) is 18.1 Å². The topological polar surface area (TPSA) is 76.1 Å². The maximum absolute atomic E-state index is 15.0. The van der Waals surface area contributed by atoms with Crippen molar-refractivity contribution in [3.63, 3.8) is 0 Å². The van der Waals surface area contributed by atoms with Crippen LogP contribution in [0.3, 0.4) is 0 Å². The van der Waals surface area contributed by atoms with Crippen LogP contribution in [0.4, 0.5) is 10.1 Å². The summed E-state index contributed by atoms with van der Waals surface area (Å²) in [6.07, 6.45) is 1.90. The van der Waals surface area contributed by atoms with E-state index in [1.165, 1.54) is 11.0 Å². The van der Waals surface area contributed by atoms with Gasteiger partial charge in [-0.1, -0.05) is 30.3 Å². The van der Waals surface area contributed by atoms with Gasteiger partial charge in [0.25, 0.3) is 5.91 Å². The summed E-state index contributed by atoms with van der Waals surface area (Å²) in [5, 5.41) is 10.3. The quantitative estimate of drug-likeness (QED) is 0.591. The van der Waals surface area contributed by atoms with Gasteiger partial charge in [0.05, 0.1) is 6.04 Å². The third-order valence-corrected chi connectivity index (χ3v) is 6.79. The minimum absolute atomic E-state index is 0.215. The summed E-state index contributed by atoms with van der Waals surface area (Å²) in [5.41, 5.74) is 2.28. The molecule has 34 heavy (non-hydrogen) atoms. The number of aliphatic carboxylic acids is 1. The first-order valence-electron chi connectivity index (χ1n) is 11.4. The Balaban J connectivity index is 1.54. The van der Waals surface area contributed by atoms with E-state index in [0.717, 1.165) is 12.8 Å². The Morgan fingerprint density at radius 3 is 2.44 bits per heavy atom. The Kier molecular flexibility index (Phi) is 4.79. The molecule has 0 bridgehead atoms. The zero-order valence-corrected chi connectivity index (χ0v) is 18.2. The highest BCUT2D eigenvalue weighted by molar-refractivity contribution is 6.11. The smallest absolute Gasteiger partial charge is 0.313 e. The lowest BCUT2D eigenvalue weighted by Gasteiger charge is -2.41. The summed E-state index contributed by atoms with van der Waals surface area (Å²) in [5.74, 6) is -1.59. The van der Waals surface area contributed by atoms with Gasteiger partial charge < -0.3 is 14.6 Å². The van der Waals surface area contributed by atoms with E-state index in [-0.39, 0.29) is 17.6 Å². The fraction of sp³-hybridized carbons (Fsp3) is 0.259. The second-order valence-corrected chi connectivity index (χ2v) is 8.91.